The molecule has 0 heterocycles. The van der Waals surface area contributed by atoms with Gasteiger partial charge in [0.25, 0.3) is 0 Å². The number of aldehydes is 1. The number of allylic oxidation sites excluding steroid dienone is 2. The summed E-state index contributed by atoms with van der Waals surface area (Å²) in [7, 11) is 0. The standard InChI is InChI=1S/C26H38O4/c1-16(6-5-13-27)21-9-10-22-20-8-7-18-14-19(30-17(2)28)11-12-25(18,3)23(20)15-24(29)26(21,22)4/h13,15-16,18-22H,5-12,14H2,1-4H3/t16-,18-,19-,20+,21?,22+,25+,26-/m1/s1. The molecular formula is C26H38O4. The van der Waals surface area contributed by atoms with Gasteiger partial charge in [0, 0.05) is 18.8 Å². The first-order valence-electron chi connectivity index (χ1n) is 12.1. The van der Waals surface area contributed by atoms with Crippen LogP contribution in [-0.2, 0) is 19.1 Å². The van der Waals surface area contributed by atoms with Crippen molar-refractivity contribution in [1.29, 1.82) is 0 Å². The highest BCUT2D eigenvalue weighted by atomic mass is 16.5. The van der Waals surface area contributed by atoms with Crippen molar-refractivity contribution in [1.82, 2.24) is 0 Å². The third-order valence-electron chi connectivity index (χ3n) is 9.71. The van der Waals surface area contributed by atoms with Crippen molar-refractivity contribution in [2.75, 3.05) is 0 Å². The number of fused-ring (bicyclic) bond motifs is 5. The maximum absolute atomic E-state index is 13.7. The van der Waals surface area contributed by atoms with Crippen LogP contribution in [0.25, 0.3) is 0 Å². The summed E-state index contributed by atoms with van der Waals surface area (Å²) in [5.74, 6) is 2.41. The Balaban J connectivity index is 1.60. The molecule has 4 heteroatoms. The van der Waals surface area contributed by atoms with Gasteiger partial charge in [0.2, 0.25) is 0 Å². The highest BCUT2D eigenvalue weighted by Gasteiger charge is 2.61. The molecule has 4 aliphatic rings. The van der Waals surface area contributed by atoms with Crippen LogP contribution in [0.15, 0.2) is 11.6 Å². The van der Waals surface area contributed by atoms with Crippen molar-refractivity contribution in [3.05, 3.63) is 11.6 Å². The SMILES string of the molecule is CC(=O)O[C@@H]1CC[C@]2(C)C3=CC(=O)[C@]4(C)C([C@H](C)CCC=O)CC[C@H]4[C@@H]3CC[C@@H]2C1. The van der Waals surface area contributed by atoms with Crippen molar-refractivity contribution in [3.63, 3.8) is 0 Å². The fourth-order valence-corrected chi connectivity index (χ4v) is 8.09. The smallest absolute Gasteiger partial charge is 0.302 e. The van der Waals surface area contributed by atoms with E-state index in [2.05, 4.69) is 26.8 Å². The van der Waals surface area contributed by atoms with E-state index >= 15 is 0 Å². The third kappa shape index (κ3) is 3.29. The molecule has 0 aliphatic heterocycles. The highest BCUT2D eigenvalue weighted by molar-refractivity contribution is 5.97. The van der Waals surface area contributed by atoms with E-state index in [-0.39, 0.29) is 22.9 Å². The zero-order chi connectivity index (χ0) is 21.7. The van der Waals surface area contributed by atoms with Gasteiger partial charge in [0.1, 0.15) is 12.4 Å². The van der Waals surface area contributed by atoms with Crippen molar-refractivity contribution < 1.29 is 19.1 Å². The summed E-state index contributed by atoms with van der Waals surface area (Å²) < 4.78 is 5.55. The molecule has 4 nitrogen and oxygen atoms in total. The first-order valence-corrected chi connectivity index (χ1v) is 12.1. The maximum atomic E-state index is 13.7. The number of ketones is 1. The predicted molar refractivity (Wildman–Crippen MR) is 116 cm³/mol. The van der Waals surface area contributed by atoms with Gasteiger partial charge in [-0.15, -0.1) is 0 Å². The number of rotatable bonds is 5. The fourth-order valence-electron chi connectivity index (χ4n) is 8.09. The molecule has 0 aromatic heterocycles. The number of esters is 1. The predicted octanol–water partition coefficient (Wildman–Crippen LogP) is 5.29. The Morgan fingerprint density at radius 3 is 2.70 bits per heavy atom. The quantitative estimate of drug-likeness (QED) is 0.453. The normalized spacial score (nSPS) is 43.7. The van der Waals surface area contributed by atoms with Crippen LogP contribution in [0.2, 0.25) is 0 Å². The minimum Gasteiger partial charge on any atom is -0.463 e. The van der Waals surface area contributed by atoms with E-state index in [0.717, 1.165) is 51.2 Å². The Bertz CT molecular complexity index is 754. The van der Waals surface area contributed by atoms with E-state index in [9.17, 15) is 14.4 Å². The average Bonchev–Trinajstić information content (AvgIpc) is 3.06. The summed E-state index contributed by atoms with van der Waals surface area (Å²) in [6.07, 6.45) is 12.0. The Labute approximate surface area is 181 Å². The van der Waals surface area contributed by atoms with Crippen LogP contribution in [0.3, 0.4) is 0 Å². The van der Waals surface area contributed by atoms with E-state index in [1.165, 1.54) is 18.9 Å². The van der Waals surface area contributed by atoms with Crippen LogP contribution in [0.4, 0.5) is 0 Å². The lowest BCUT2D eigenvalue weighted by molar-refractivity contribution is -0.151. The molecule has 4 rings (SSSR count). The summed E-state index contributed by atoms with van der Waals surface area (Å²) >= 11 is 0. The molecule has 4 aliphatic carbocycles. The number of carbonyl (C=O) groups excluding carboxylic acids is 3. The van der Waals surface area contributed by atoms with Gasteiger partial charge in [-0.1, -0.05) is 26.3 Å². The summed E-state index contributed by atoms with van der Waals surface area (Å²) in [6, 6.07) is 0. The number of hydrogen-bond donors (Lipinski definition) is 0. The van der Waals surface area contributed by atoms with E-state index in [0.29, 0.717) is 41.8 Å². The van der Waals surface area contributed by atoms with Gasteiger partial charge in [-0.2, -0.15) is 0 Å². The number of hydrogen-bond acceptors (Lipinski definition) is 4. The minimum atomic E-state index is -0.269. The van der Waals surface area contributed by atoms with Gasteiger partial charge >= 0.3 is 5.97 Å². The lowest BCUT2D eigenvalue weighted by Gasteiger charge is -2.56. The van der Waals surface area contributed by atoms with Gasteiger partial charge in [-0.25, -0.2) is 0 Å². The second kappa shape index (κ2) is 7.91. The molecule has 0 N–H and O–H groups in total. The van der Waals surface area contributed by atoms with Crippen molar-refractivity contribution in [2.24, 2.45) is 40.4 Å². The Hall–Kier alpha value is -1.45. The van der Waals surface area contributed by atoms with Crippen LogP contribution in [0.1, 0.15) is 85.5 Å². The maximum Gasteiger partial charge on any atom is 0.302 e. The first-order chi connectivity index (χ1) is 14.2. The van der Waals surface area contributed by atoms with Gasteiger partial charge < -0.3 is 9.53 Å². The van der Waals surface area contributed by atoms with E-state index < -0.39 is 0 Å². The van der Waals surface area contributed by atoms with Crippen molar-refractivity contribution in [2.45, 2.75) is 91.6 Å². The fraction of sp³-hybridized carbons (Fsp3) is 0.808. The molecule has 0 radical (unpaired) electrons. The van der Waals surface area contributed by atoms with Gasteiger partial charge in [-0.05, 0) is 92.4 Å². The molecular weight excluding hydrogens is 376 g/mol. The molecule has 166 valence electrons. The number of carbonyl (C=O) groups is 3. The largest absolute Gasteiger partial charge is 0.463 e. The average molecular weight is 415 g/mol. The van der Waals surface area contributed by atoms with Crippen LogP contribution < -0.4 is 0 Å². The zero-order valence-electron chi connectivity index (χ0n) is 19.1. The Morgan fingerprint density at radius 1 is 1.23 bits per heavy atom. The summed E-state index contributed by atoms with van der Waals surface area (Å²) in [6.45, 7) is 8.34. The molecule has 0 bridgehead atoms. The molecule has 0 aromatic rings. The molecule has 3 fully saturated rings. The van der Waals surface area contributed by atoms with Crippen LogP contribution >= 0.6 is 0 Å². The van der Waals surface area contributed by atoms with E-state index in [1.807, 2.05) is 0 Å². The Morgan fingerprint density at radius 2 is 2.00 bits per heavy atom. The summed E-state index contributed by atoms with van der Waals surface area (Å²) in [5.41, 5.74) is 1.21. The first kappa shape index (κ1) is 21.8. The summed E-state index contributed by atoms with van der Waals surface area (Å²) in [5, 5.41) is 0. The Kier molecular flexibility index (Phi) is 5.74. The minimum absolute atomic E-state index is 0.0387. The molecule has 1 unspecified atom stereocenters. The molecule has 8 atom stereocenters. The molecule has 30 heavy (non-hydrogen) atoms. The van der Waals surface area contributed by atoms with Crippen LogP contribution in [0, 0.1) is 40.4 Å². The molecule has 0 amide bonds. The van der Waals surface area contributed by atoms with Gasteiger partial charge in [0.05, 0.1) is 0 Å². The van der Waals surface area contributed by atoms with Gasteiger partial charge in [-0.3, -0.25) is 9.59 Å². The van der Waals surface area contributed by atoms with Crippen molar-refractivity contribution >= 4 is 18.0 Å². The third-order valence-corrected chi connectivity index (χ3v) is 9.71. The second-order valence-corrected chi connectivity index (χ2v) is 11.1. The topological polar surface area (TPSA) is 60.4 Å². The van der Waals surface area contributed by atoms with Crippen molar-refractivity contribution in [3.8, 4) is 0 Å². The lowest BCUT2D eigenvalue weighted by Crippen LogP contribution is -2.52. The molecule has 0 aromatic carbocycles. The second-order valence-electron chi connectivity index (χ2n) is 11.1. The lowest BCUT2D eigenvalue weighted by atomic mass is 9.48. The van der Waals surface area contributed by atoms with E-state index in [1.54, 1.807) is 0 Å². The van der Waals surface area contributed by atoms with Crippen LogP contribution in [-0.4, -0.2) is 24.1 Å². The molecule has 0 saturated heterocycles. The zero-order valence-corrected chi connectivity index (χ0v) is 19.1. The highest BCUT2D eigenvalue weighted by Crippen LogP contribution is 2.65. The van der Waals surface area contributed by atoms with E-state index in [4.69, 9.17) is 4.74 Å². The monoisotopic (exact) mass is 414 g/mol. The van der Waals surface area contributed by atoms with Crippen LogP contribution in [0.5, 0.6) is 0 Å². The molecule has 0 spiro atoms. The summed E-state index contributed by atoms with van der Waals surface area (Å²) in [4.78, 5) is 36.0. The number of ether oxygens (including phenoxy) is 1. The molecule has 3 saturated carbocycles. The van der Waals surface area contributed by atoms with Gasteiger partial charge in [0.15, 0.2) is 5.78 Å².